The van der Waals surface area contributed by atoms with E-state index in [9.17, 15) is 18.0 Å². The number of nitrogens with one attached hydrogen (secondary N) is 1. The monoisotopic (exact) mass is 364 g/mol. The zero-order valence-corrected chi connectivity index (χ0v) is 14.6. The van der Waals surface area contributed by atoms with Gasteiger partial charge in [0, 0.05) is 12.1 Å². The van der Waals surface area contributed by atoms with Crippen LogP contribution in [-0.4, -0.2) is 37.2 Å². The highest BCUT2D eigenvalue weighted by atomic mass is 32.2. The van der Waals surface area contributed by atoms with E-state index in [1.54, 1.807) is 48.7 Å². The summed E-state index contributed by atoms with van der Waals surface area (Å²) in [5.41, 5.74) is -0.700. The minimum Gasteiger partial charge on any atom is -0.324 e. The number of hydrogen-bond acceptors (Lipinski definition) is 5. The summed E-state index contributed by atoms with van der Waals surface area (Å²) >= 11 is 1.03. The first kappa shape index (κ1) is 16.7. The molecule has 6 nitrogen and oxygen atoms in total. The van der Waals surface area contributed by atoms with Crippen molar-refractivity contribution in [3.05, 3.63) is 53.4 Å². The number of benzene rings is 1. The van der Waals surface area contributed by atoms with E-state index in [0.29, 0.717) is 18.5 Å². The summed E-state index contributed by atoms with van der Waals surface area (Å²) in [6.07, 6.45) is 0.414. The fourth-order valence-electron chi connectivity index (χ4n) is 2.56. The minimum absolute atomic E-state index is 0.0692. The van der Waals surface area contributed by atoms with Crippen molar-refractivity contribution in [2.75, 3.05) is 6.54 Å². The lowest BCUT2D eigenvalue weighted by molar-refractivity contribution is -0.135. The molecule has 0 bridgehead atoms. The molecule has 0 saturated carbocycles. The molecule has 0 spiro atoms. The van der Waals surface area contributed by atoms with Crippen LogP contribution in [0.25, 0.3) is 0 Å². The molecule has 1 atom stereocenters. The van der Waals surface area contributed by atoms with Crippen LogP contribution in [-0.2, 0) is 14.8 Å². The highest BCUT2D eigenvalue weighted by molar-refractivity contribution is 7.92. The Kier molecular flexibility index (Phi) is 4.18. The molecule has 1 aromatic carbocycles. The van der Waals surface area contributed by atoms with Gasteiger partial charge in [-0.25, -0.2) is 13.1 Å². The number of amides is 2. The number of hydrogen-bond donors (Lipinski definition) is 1. The second-order valence-corrected chi connectivity index (χ2v) is 8.57. The number of rotatable bonds is 4. The Balaban J connectivity index is 1.78. The van der Waals surface area contributed by atoms with Crippen molar-refractivity contribution < 1.29 is 18.0 Å². The molecule has 1 N–H and O–H groups in total. The quantitative estimate of drug-likeness (QED) is 0.897. The van der Waals surface area contributed by atoms with Crippen LogP contribution >= 0.6 is 11.3 Å². The molecule has 1 aromatic heterocycles. The van der Waals surface area contributed by atoms with E-state index < -0.39 is 21.5 Å². The van der Waals surface area contributed by atoms with Gasteiger partial charge in [0.05, 0.1) is 0 Å². The Bertz CT molecular complexity index is 863. The van der Waals surface area contributed by atoms with E-state index in [2.05, 4.69) is 4.72 Å². The molecule has 2 amide bonds. The maximum atomic E-state index is 12.5. The van der Waals surface area contributed by atoms with Gasteiger partial charge in [-0.3, -0.25) is 9.59 Å². The zero-order chi connectivity index (χ0) is 17.4. The Morgan fingerprint density at radius 3 is 2.42 bits per heavy atom. The number of thiophene rings is 1. The first-order chi connectivity index (χ1) is 11.3. The molecule has 126 valence electrons. The molecule has 2 aromatic rings. The lowest BCUT2D eigenvalue weighted by Crippen LogP contribution is -2.67. The molecule has 1 saturated heterocycles. The van der Waals surface area contributed by atoms with Gasteiger partial charge in [-0.1, -0.05) is 24.3 Å². The Labute approximate surface area is 144 Å². The summed E-state index contributed by atoms with van der Waals surface area (Å²) in [4.78, 5) is 26.5. The van der Waals surface area contributed by atoms with Crippen LogP contribution in [0.5, 0.6) is 0 Å². The van der Waals surface area contributed by atoms with E-state index in [0.717, 1.165) is 11.3 Å². The van der Waals surface area contributed by atoms with Crippen LogP contribution in [0.4, 0.5) is 0 Å². The SMILES string of the molecule is CC1(C(=O)NS(=O)(=O)c2cccs2)CCN1C(=O)c1ccccc1. The number of nitrogens with zero attached hydrogens (tertiary/aromatic N) is 1. The molecular weight excluding hydrogens is 348 g/mol. The third kappa shape index (κ3) is 2.83. The second kappa shape index (κ2) is 6.03. The Hall–Kier alpha value is -2.19. The van der Waals surface area contributed by atoms with Crippen LogP contribution in [0, 0.1) is 0 Å². The fraction of sp³-hybridized carbons (Fsp3) is 0.250. The summed E-state index contributed by atoms with van der Waals surface area (Å²) in [5, 5.41) is 1.62. The van der Waals surface area contributed by atoms with Gasteiger partial charge in [0.1, 0.15) is 9.75 Å². The lowest BCUT2D eigenvalue weighted by Gasteiger charge is -2.48. The number of likely N-dealkylation sites (tertiary alicyclic amines) is 1. The third-order valence-corrected chi connectivity index (χ3v) is 6.89. The highest BCUT2D eigenvalue weighted by Gasteiger charge is 2.50. The summed E-state index contributed by atoms with van der Waals surface area (Å²) in [6, 6.07) is 11.6. The second-order valence-electron chi connectivity index (χ2n) is 5.71. The fourth-order valence-corrected chi connectivity index (χ4v) is 4.63. The molecule has 1 aliphatic heterocycles. The van der Waals surface area contributed by atoms with Crippen molar-refractivity contribution in [1.29, 1.82) is 0 Å². The van der Waals surface area contributed by atoms with E-state index in [1.165, 1.54) is 11.0 Å². The number of sulfonamides is 1. The standard InChI is InChI=1S/C16H16N2O4S2/c1-16(15(20)17-24(21,22)13-8-5-11-23-13)9-10-18(16)14(19)12-6-3-2-4-7-12/h2-8,11H,9-10H2,1H3,(H,17,20). The van der Waals surface area contributed by atoms with Gasteiger partial charge in [-0.05, 0) is 36.9 Å². The van der Waals surface area contributed by atoms with Crippen LogP contribution in [0.2, 0.25) is 0 Å². The maximum absolute atomic E-state index is 12.5. The third-order valence-electron chi connectivity index (χ3n) is 4.16. The molecule has 2 heterocycles. The van der Waals surface area contributed by atoms with Crippen molar-refractivity contribution in [1.82, 2.24) is 9.62 Å². The topological polar surface area (TPSA) is 83.6 Å². The van der Waals surface area contributed by atoms with Gasteiger partial charge in [-0.15, -0.1) is 11.3 Å². The molecule has 24 heavy (non-hydrogen) atoms. The summed E-state index contributed by atoms with van der Waals surface area (Å²) in [7, 11) is -3.91. The molecule has 0 radical (unpaired) electrons. The van der Waals surface area contributed by atoms with Gasteiger partial charge in [0.25, 0.3) is 21.8 Å². The Morgan fingerprint density at radius 1 is 1.17 bits per heavy atom. The predicted octanol–water partition coefficient (Wildman–Crippen LogP) is 1.86. The van der Waals surface area contributed by atoms with Crippen molar-refractivity contribution in [3.8, 4) is 0 Å². The zero-order valence-electron chi connectivity index (χ0n) is 12.9. The molecular formula is C16H16N2O4S2. The van der Waals surface area contributed by atoms with Crippen LogP contribution in [0.3, 0.4) is 0 Å². The molecule has 1 aliphatic rings. The number of carbonyl (C=O) groups is 2. The summed E-state index contributed by atoms with van der Waals surface area (Å²) < 4.78 is 26.6. The lowest BCUT2D eigenvalue weighted by atomic mass is 9.85. The molecule has 1 unspecified atom stereocenters. The summed E-state index contributed by atoms with van der Waals surface area (Å²) in [6.45, 7) is 1.99. The van der Waals surface area contributed by atoms with E-state index >= 15 is 0 Å². The molecule has 3 rings (SSSR count). The minimum atomic E-state index is -3.91. The average molecular weight is 364 g/mol. The first-order valence-corrected chi connectivity index (χ1v) is 9.69. The van der Waals surface area contributed by atoms with E-state index in [1.807, 2.05) is 0 Å². The summed E-state index contributed by atoms with van der Waals surface area (Å²) in [5.74, 6) is -0.973. The molecule has 0 aliphatic carbocycles. The van der Waals surface area contributed by atoms with Crippen LogP contribution in [0.15, 0.2) is 52.1 Å². The van der Waals surface area contributed by atoms with E-state index in [-0.39, 0.29) is 10.1 Å². The van der Waals surface area contributed by atoms with E-state index in [4.69, 9.17) is 0 Å². The first-order valence-electron chi connectivity index (χ1n) is 7.32. The van der Waals surface area contributed by atoms with Gasteiger partial charge >= 0.3 is 0 Å². The van der Waals surface area contributed by atoms with Crippen molar-refractivity contribution in [2.45, 2.75) is 23.1 Å². The molecule has 1 fully saturated rings. The highest BCUT2D eigenvalue weighted by Crippen LogP contribution is 2.32. The predicted molar refractivity (Wildman–Crippen MR) is 90.1 cm³/mol. The largest absolute Gasteiger partial charge is 0.324 e. The van der Waals surface area contributed by atoms with Crippen molar-refractivity contribution in [3.63, 3.8) is 0 Å². The van der Waals surface area contributed by atoms with Crippen LogP contribution in [0.1, 0.15) is 23.7 Å². The average Bonchev–Trinajstić information content (AvgIpc) is 3.09. The van der Waals surface area contributed by atoms with Crippen molar-refractivity contribution >= 4 is 33.2 Å². The van der Waals surface area contributed by atoms with Crippen molar-refractivity contribution in [2.24, 2.45) is 0 Å². The molecule has 8 heteroatoms. The van der Waals surface area contributed by atoms with Gasteiger partial charge in [0.2, 0.25) is 0 Å². The Morgan fingerprint density at radius 2 is 1.88 bits per heavy atom. The van der Waals surface area contributed by atoms with Crippen LogP contribution < -0.4 is 4.72 Å². The number of carbonyl (C=O) groups excluding carboxylic acids is 2. The van der Waals surface area contributed by atoms with Gasteiger partial charge in [-0.2, -0.15) is 0 Å². The van der Waals surface area contributed by atoms with Gasteiger partial charge < -0.3 is 4.90 Å². The maximum Gasteiger partial charge on any atom is 0.273 e. The normalized spacial score (nSPS) is 20.3. The van der Waals surface area contributed by atoms with Gasteiger partial charge in [0.15, 0.2) is 0 Å². The smallest absolute Gasteiger partial charge is 0.273 e.